The molecule has 0 atom stereocenters. The largest absolute Gasteiger partial charge is 1.00 e. The summed E-state index contributed by atoms with van der Waals surface area (Å²) in [6, 6.07) is 0. The molecule has 6 nitrogen and oxygen atoms in total. The van der Waals surface area contributed by atoms with Crippen molar-refractivity contribution in [3.8, 4) is 0 Å². The summed E-state index contributed by atoms with van der Waals surface area (Å²) in [5, 5.41) is 0. The smallest absolute Gasteiger partial charge is 1.00 e. The van der Waals surface area contributed by atoms with Gasteiger partial charge < -0.3 is 31.5 Å². The van der Waals surface area contributed by atoms with Gasteiger partial charge in [0.25, 0.3) is 0 Å². The van der Waals surface area contributed by atoms with Gasteiger partial charge in [-0.1, -0.05) is 97.3 Å². The van der Waals surface area contributed by atoms with Gasteiger partial charge in [0.05, 0.1) is 34.3 Å². The van der Waals surface area contributed by atoms with Crippen molar-refractivity contribution in [2.75, 3.05) is 34.3 Å². The zero-order valence-corrected chi connectivity index (χ0v) is 26.5. The standard InChI is InChI=1S/C12H26O4S.C11H26N.BrH.Na.H2O/c1-2-3-4-5-6-7-8-9-10-11-12-16-17(13,14)15;1-5-6-7-8-9-10-11-12(2,3)4;;;/h2-12H2,1H3,(H,13,14,15);5-11H2,1-4H3;1H;;1H2/q;+1;;+1;/p-2. The number of hydrogen-bond acceptors (Lipinski definition) is 4. The first-order valence-electron chi connectivity index (χ1n) is 12.0. The third kappa shape index (κ3) is 48.6. The molecule has 0 aliphatic rings. The molecule has 0 unspecified atom stereocenters. The zero-order chi connectivity index (χ0) is 22.4. The Labute approximate surface area is 233 Å². The monoisotopic (exact) mass is 557 g/mol. The van der Waals surface area contributed by atoms with E-state index in [-0.39, 0.29) is 58.6 Å². The van der Waals surface area contributed by atoms with Gasteiger partial charge in [0, 0.05) is 0 Å². The number of nitrogens with zero attached hydrogens (tertiary/aromatic N) is 1. The Morgan fingerprint density at radius 3 is 1.28 bits per heavy atom. The van der Waals surface area contributed by atoms with Crippen molar-refractivity contribution >= 4 is 10.4 Å². The van der Waals surface area contributed by atoms with E-state index in [1.54, 1.807) is 0 Å². The van der Waals surface area contributed by atoms with Gasteiger partial charge in [-0.15, -0.1) is 0 Å². The van der Waals surface area contributed by atoms with E-state index in [9.17, 15) is 13.0 Å². The quantitative estimate of drug-likeness (QED) is 0.0710. The van der Waals surface area contributed by atoms with Gasteiger partial charge in [-0.05, 0) is 19.3 Å². The second-order valence-corrected chi connectivity index (χ2v) is 10.2. The van der Waals surface area contributed by atoms with Crippen LogP contribution in [-0.2, 0) is 14.6 Å². The van der Waals surface area contributed by atoms with Crippen molar-refractivity contribution in [1.29, 1.82) is 0 Å². The molecular formula is C23H53BrNNaO5S. The molecule has 32 heavy (non-hydrogen) atoms. The molecule has 0 saturated heterocycles. The number of quaternary nitrogens is 1. The molecule has 0 radical (unpaired) electrons. The Morgan fingerprint density at radius 2 is 0.969 bits per heavy atom. The first-order chi connectivity index (χ1) is 13.6. The maximum atomic E-state index is 10.1. The fourth-order valence-electron chi connectivity index (χ4n) is 3.12. The van der Waals surface area contributed by atoms with Crippen LogP contribution in [0.25, 0.3) is 0 Å². The van der Waals surface area contributed by atoms with E-state index in [0.29, 0.717) is 6.42 Å². The third-order valence-electron chi connectivity index (χ3n) is 4.91. The summed E-state index contributed by atoms with van der Waals surface area (Å²) in [7, 11) is 2.33. The molecule has 0 amide bonds. The van der Waals surface area contributed by atoms with Crippen LogP contribution in [0.1, 0.15) is 117 Å². The Hall–Kier alpha value is 1.27. The Balaban J connectivity index is -0.000000145. The molecule has 0 heterocycles. The van der Waals surface area contributed by atoms with E-state index >= 15 is 0 Å². The maximum Gasteiger partial charge on any atom is 1.00 e. The van der Waals surface area contributed by atoms with Gasteiger partial charge in [-0.2, -0.15) is 0 Å². The van der Waals surface area contributed by atoms with Gasteiger partial charge in [0.1, 0.15) is 0 Å². The van der Waals surface area contributed by atoms with E-state index < -0.39 is 10.4 Å². The van der Waals surface area contributed by atoms with E-state index in [4.69, 9.17) is 0 Å². The van der Waals surface area contributed by atoms with Crippen LogP contribution in [0.4, 0.5) is 0 Å². The molecule has 0 saturated carbocycles. The summed E-state index contributed by atoms with van der Waals surface area (Å²) < 4.78 is 35.6. The fraction of sp³-hybridized carbons (Fsp3) is 1.00. The molecule has 0 fully saturated rings. The van der Waals surface area contributed by atoms with Crippen LogP contribution in [-0.4, -0.2) is 57.2 Å². The van der Waals surface area contributed by atoms with Crippen molar-refractivity contribution in [2.45, 2.75) is 117 Å². The molecule has 0 aliphatic heterocycles. The van der Waals surface area contributed by atoms with Crippen molar-refractivity contribution in [3.05, 3.63) is 0 Å². The third-order valence-corrected chi connectivity index (χ3v) is 5.36. The van der Waals surface area contributed by atoms with Gasteiger partial charge in [-0.25, -0.2) is 8.42 Å². The van der Waals surface area contributed by atoms with Crippen LogP contribution >= 0.6 is 0 Å². The van der Waals surface area contributed by atoms with Crippen LogP contribution in [0.15, 0.2) is 0 Å². The molecule has 0 aromatic rings. The van der Waals surface area contributed by atoms with E-state index in [2.05, 4.69) is 39.2 Å². The molecule has 0 aromatic carbocycles. The minimum atomic E-state index is -4.48. The second-order valence-electron chi connectivity index (χ2n) is 9.19. The number of hydrogen-bond donors (Lipinski definition) is 0. The molecule has 0 rings (SSSR count). The van der Waals surface area contributed by atoms with Crippen LogP contribution in [0, 0.1) is 0 Å². The zero-order valence-electron chi connectivity index (χ0n) is 22.1. The van der Waals surface area contributed by atoms with Crippen LogP contribution in [0.3, 0.4) is 0 Å². The van der Waals surface area contributed by atoms with Crippen molar-refractivity contribution in [1.82, 2.24) is 0 Å². The summed E-state index contributed by atoms with van der Waals surface area (Å²) in [5.41, 5.74) is 0. The molecule has 2 N–H and O–H groups in total. The van der Waals surface area contributed by atoms with E-state index in [1.165, 1.54) is 90.0 Å². The van der Waals surface area contributed by atoms with Crippen LogP contribution in [0.2, 0.25) is 0 Å². The van der Waals surface area contributed by atoms with Crippen LogP contribution in [0.5, 0.6) is 0 Å². The first-order valence-corrected chi connectivity index (χ1v) is 13.4. The number of halogens is 1. The SMILES string of the molecule is CCCCCCCCCCCCOS(=O)(=O)[O-].CCCCCCCC[N+](C)(C)C.O.[Br-].[Na+]. The average molecular weight is 559 g/mol. The maximum absolute atomic E-state index is 10.1. The van der Waals surface area contributed by atoms with Gasteiger partial charge in [0.15, 0.2) is 0 Å². The summed E-state index contributed by atoms with van der Waals surface area (Å²) in [5.74, 6) is 0. The van der Waals surface area contributed by atoms with E-state index in [1.807, 2.05) is 0 Å². The van der Waals surface area contributed by atoms with Gasteiger partial charge in [0.2, 0.25) is 10.4 Å². The normalized spacial score (nSPS) is 10.8. The van der Waals surface area contributed by atoms with Gasteiger partial charge >= 0.3 is 29.6 Å². The van der Waals surface area contributed by atoms with Crippen molar-refractivity contribution in [2.24, 2.45) is 0 Å². The molecule has 0 aliphatic carbocycles. The summed E-state index contributed by atoms with van der Waals surface area (Å²) >= 11 is 0. The summed E-state index contributed by atoms with van der Waals surface area (Å²) in [6.07, 6.45) is 20.2. The predicted octanol–water partition coefficient (Wildman–Crippen LogP) is -0.379. The fourth-order valence-corrected chi connectivity index (χ4v) is 3.44. The molecule has 194 valence electrons. The average Bonchev–Trinajstić information content (AvgIpc) is 2.61. The minimum Gasteiger partial charge on any atom is -1.00 e. The first kappa shape index (κ1) is 43.4. The Morgan fingerprint density at radius 1 is 0.656 bits per heavy atom. The molecule has 9 heteroatoms. The summed E-state index contributed by atoms with van der Waals surface area (Å²) in [6.45, 7) is 5.84. The number of rotatable bonds is 19. The van der Waals surface area contributed by atoms with Gasteiger partial charge in [-0.3, -0.25) is 4.18 Å². The van der Waals surface area contributed by atoms with Crippen molar-refractivity contribution < 1.29 is 73.7 Å². The van der Waals surface area contributed by atoms with E-state index in [0.717, 1.165) is 17.3 Å². The second kappa shape index (κ2) is 30.3. The molecular weight excluding hydrogens is 505 g/mol. The minimum absolute atomic E-state index is 0. The molecule has 0 aromatic heterocycles. The summed E-state index contributed by atoms with van der Waals surface area (Å²) in [4.78, 5) is 0. The molecule has 0 bridgehead atoms. The predicted molar refractivity (Wildman–Crippen MR) is 127 cm³/mol. The van der Waals surface area contributed by atoms with Crippen molar-refractivity contribution in [3.63, 3.8) is 0 Å². The van der Waals surface area contributed by atoms with Crippen LogP contribution < -0.4 is 46.5 Å². The Bertz CT molecular complexity index is 435. The topological polar surface area (TPSA) is 97.9 Å². The Kier molecular flexibility index (Phi) is 41.0. The molecule has 0 spiro atoms. The number of unbranched alkanes of at least 4 members (excludes halogenated alkanes) is 14.